The molecule has 0 aromatic carbocycles. The summed E-state index contributed by atoms with van der Waals surface area (Å²) in [6.45, 7) is -5.00. The van der Waals surface area contributed by atoms with Crippen molar-refractivity contribution in [3.05, 3.63) is 16.7 Å². The van der Waals surface area contributed by atoms with Crippen molar-refractivity contribution < 1.29 is 43.0 Å². The minimum atomic E-state index is -5.11. The lowest BCUT2D eigenvalue weighted by atomic mass is 10.1. The van der Waals surface area contributed by atoms with Crippen LogP contribution in [0.4, 0.5) is 5.95 Å². The summed E-state index contributed by atoms with van der Waals surface area (Å²) < 4.78 is 26.1. The second kappa shape index (κ2) is 7.51. The first kappa shape index (κ1) is 21.4. The van der Waals surface area contributed by atoms with Crippen LogP contribution in [-0.4, -0.2) is 69.3 Å². The number of aliphatic hydroxyl groups is 2. The Labute approximate surface area is 160 Å². The third kappa shape index (κ3) is 4.48. The van der Waals surface area contributed by atoms with Crippen LogP contribution in [0.15, 0.2) is 11.1 Å². The highest BCUT2D eigenvalue weighted by molar-refractivity contribution is 8.08. The molecule has 0 saturated carbocycles. The normalized spacial score (nSPS) is 27.9. The van der Waals surface area contributed by atoms with Gasteiger partial charge in [-0.25, -0.2) is 13.9 Å². The van der Waals surface area contributed by atoms with E-state index in [2.05, 4.69) is 31.1 Å². The Bertz CT molecular complexity index is 1040. The maximum absolute atomic E-state index is 11.8. The number of ether oxygens (including phenoxy) is 1. The van der Waals surface area contributed by atoms with E-state index in [9.17, 15) is 24.5 Å². The van der Waals surface area contributed by atoms with Crippen LogP contribution in [0.5, 0.6) is 0 Å². The summed E-state index contributed by atoms with van der Waals surface area (Å²) in [6.07, 6.45) is -4.48. The number of hydrogen-bond acceptors (Lipinski definition) is 11. The first-order chi connectivity index (χ1) is 12.9. The summed E-state index contributed by atoms with van der Waals surface area (Å²) in [4.78, 5) is 48.8. The van der Waals surface area contributed by atoms with Crippen molar-refractivity contribution in [2.24, 2.45) is 0 Å². The standard InChI is InChI=1S/C10H15N5O10P2S/c11-10-13-7-4(8(18)14-10)12-2-15(7)9-6(17)5(16)3(24-9)1-23-27(22,28)25-26(19,20)21/h2-3,5-6,9,16-17H,1H2,(H,22,28)(H2,19,20,21)(H3,11,13,14,18)/t3-,5?,6+,9-,27?/m1/s1. The van der Waals surface area contributed by atoms with E-state index < -0.39 is 51.2 Å². The number of hydrogen-bond donors (Lipinski definition) is 7. The Kier molecular flexibility index (Phi) is 5.75. The van der Waals surface area contributed by atoms with Crippen LogP contribution in [-0.2, 0) is 29.9 Å². The second-order valence-electron chi connectivity index (χ2n) is 5.66. The molecule has 1 aliphatic rings. The Morgan fingerprint density at radius 2 is 2.04 bits per heavy atom. The fraction of sp³-hybridized carbons (Fsp3) is 0.500. The van der Waals surface area contributed by atoms with Gasteiger partial charge in [0.1, 0.15) is 18.3 Å². The number of nitrogens with two attached hydrogens (primary N) is 1. The number of nitrogens with one attached hydrogen (secondary N) is 1. The molecule has 0 bridgehead atoms. The fourth-order valence-corrected chi connectivity index (χ4v) is 5.11. The lowest BCUT2D eigenvalue weighted by Gasteiger charge is -2.19. The van der Waals surface area contributed by atoms with Crippen LogP contribution in [0.3, 0.4) is 0 Å². The summed E-state index contributed by atoms with van der Waals surface area (Å²) in [5.74, 6) is -0.206. The van der Waals surface area contributed by atoms with E-state index in [-0.39, 0.29) is 17.1 Å². The molecule has 1 aliphatic heterocycles. The van der Waals surface area contributed by atoms with Crippen LogP contribution in [0.25, 0.3) is 11.2 Å². The number of aromatic nitrogens is 4. The smallest absolute Gasteiger partial charge is 0.387 e. The Balaban J connectivity index is 1.79. The minimum Gasteiger partial charge on any atom is -0.387 e. The average Bonchev–Trinajstić information content (AvgIpc) is 3.06. The van der Waals surface area contributed by atoms with Crippen molar-refractivity contribution in [3.63, 3.8) is 0 Å². The molecule has 15 nitrogen and oxygen atoms in total. The van der Waals surface area contributed by atoms with Gasteiger partial charge in [0.05, 0.1) is 12.9 Å². The summed E-state index contributed by atoms with van der Waals surface area (Å²) in [5.41, 5.74) is 4.77. The first-order valence-corrected chi connectivity index (χ1v) is 11.5. The van der Waals surface area contributed by atoms with Crippen molar-refractivity contribution in [1.29, 1.82) is 0 Å². The quantitative estimate of drug-likeness (QED) is 0.224. The number of rotatable bonds is 6. The van der Waals surface area contributed by atoms with Gasteiger partial charge in [0.2, 0.25) is 5.95 Å². The number of phosphoric acid groups is 1. The van der Waals surface area contributed by atoms with Gasteiger partial charge in [0.15, 0.2) is 17.4 Å². The van der Waals surface area contributed by atoms with E-state index in [4.69, 9.17) is 24.8 Å². The van der Waals surface area contributed by atoms with Crippen LogP contribution >= 0.6 is 14.5 Å². The molecule has 1 fully saturated rings. The molecule has 18 heteroatoms. The van der Waals surface area contributed by atoms with E-state index in [0.29, 0.717) is 0 Å². The van der Waals surface area contributed by atoms with Crippen molar-refractivity contribution >= 4 is 43.5 Å². The first-order valence-electron chi connectivity index (χ1n) is 7.36. The van der Waals surface area contributed by atoms with E-state index >= 15 is 0 Å². The van der Waals surface area contributed by atoms with Gasteiger partial charge in [-0.15, -0.1) is 0 Å². The molecule has 3 heterocycles. The van der Waals surface area contributed by atoms with E-state index in [1.807, 2.05) is 0 Å². The molecule has 2 unspecified atom stereocenters. The molecule has 0 spiro atoms. The number of nitrogen functional groups attached to an aromatic ring is 1. The highest BCUT2D eigenvalue weighted by Crippen LogP contribution is 2.58. The zero-order valence-corrected chi connectivity index (χ0v) is 16.2. The van der Waals surface area contributed by atoms with E-state index in [0.717, 1.165) is 10.9 Å². The predicted molar refractivity (Wildman–Crippen MR) is 94.1 cm³/mol. The van der Waals surface area contributed by atoms with Gasteiger partial charge in [0.25, 0.3) is 5.56 Å². The molecule has 0 radical (unpaired) electrons. The topological polar surface area (TPSA) is 235 Å². The summed E-state index contributed by atoms with van der Waals surface area (Å²) in [5, 5.41) is 20.4. The predicted octanol–water partition coefficient (Wildman–Crippen LogP) is -2.34. The number of imidazole rings is 1. The average molecular weight is 459 g/mol. The van der Waals surface area contributed by atoms with Crippen molar-refractivity contribution in [3.8, 4) is 0 Å². The molecule has 156 valence electrons. The van der Waals surface area contributed by atoms with Gasteiger partial charge in [-0.05, 0) is 11.8 Å². The largest absolute Gasteiger partial charge is 0.476 e. The maximum Gasteiger partial charge on any atom is 0.476 e. The molecule has 0 aliphatic carbocycles. The zero-order valence-electron chi connectivity index (χ0n) is 13.6. The molecule has 5 atom stereocenters. The third-order valence-corrected chi connectivity index (χ3v) is 6.74. The number of aromatic amines is 1. The van der Waals surface area contributed by atoms with Crippen LogP contribution in [0, 0.1) is 0 Å². The summed E-state index contributed by atoms with van der Waals surface area (Å²) in [7, 11) is -5.11. The molecule has 1 saturated heterocycles. The highest BCUT2D eigenvalue weighted by Gasteiger charge is 2.45. The molecule has 2 aromatic heterocycles. The molecule has 28 heavy (non-hydrogen) atoms. The number of H-pyrrole nitrogens is 1. The van der Waals surface area contributed by atoms with Crippen molar-refractivity contribution in [2.75, 3.05) is 12.3 Å². The fourth-order valence-electron chi connectivity index (χ4n) is 2.55. The molecule has 3 rings (SSSR count). The lowest BCUT2D eigenvalue weighted by molar-refractivity contribution is -0.0486. The van der Waals surface area contributed by atoms with Crippen LogP contribution < -0.4 is 11.3 Å². The second-order valence-corrected chi connectivity index (χ2v) is 9.87. The van der Waals surface area contributed by atoms with Gasteiger partial charge in [-0.2, -0.15) is 4.98 Å². The summed E-state index contributed by atoms with van der Waals surface area (Å²) >= 11 is 4.45. The molecule has 2 aromatic rings. The number of anilines is 1. The van der Waals surface area contributed by atoms with Gasteiger partial charge in [-0.3, -0.25) is 14.3 Å². The molecular formula is C10H15N5O10P2S. The number of nitrogens with zero attached hydrogens (tertiary/aromatic N) is 3. The van der Waals surface area contributed by atoms with Crippen LogP contribution in [0.2, 0.25) is 0 Å². The van der Waals surface area contributed by atoms with Gasteiger partial charge in [-0.1, -0.05) is 0 Å². The van der Waals surface area contributed by atoms with Gasteiger partial charge >= 0.3 is 14.5 Å². The Hall–Kier alpha value is -1.29. The van der Waals surface area contributed by atoms with Gasteiger partial charge < -0.3 is 39.9 Å². The molecular weight excluding hydrogens is 444 g/mol. The lowest BCUT2D eigenvalue weighted by Crippen LogP contribution is -2.33. The van der Waals surface area contributed by atoms with Crippen LogP contribution in [0.1, 0.15) is 6.23 Å². The maximum atomic E-state index is 11.8. The summed E-state index contributed by atoms with van der Waals surface area (Å²) in [6, 6.07) is 0. The van der Waals surface area contributed by atoms with Gasteiger partial charge in [0, 0.05) is 0 Å². The van der Waals surface area contributed by atoms with Crippen molar-refractivity contribution in [2.45, 2.75) is 24.5 Å². The van der Waals surface area contributed by atoms with Crippen molar-refractivity contribution in [1.82, 2.24) is 19.5 Å². The molecule has 8 N–H and O–H groups in total. The highest BCUT2D eigenvalue weighted by atomic mass is 32.5. The van der Waals surface area contributed by atoms with E-state index in [1.165, 1.54) is 0 Å². The zero-order chi connectivity index (χ0) is 20.9. The number of fused-ring (bicyclic) bond motifs is 1. The minimum absolute atomic E-state index is 0.0174. The third-order valence-electron chi connectivity index (χ3n) is 3.67. The monoisotopic (exact) mass is 459 g/mol. The van der Waals surface area contributed by atoms with E-state index in [1.54, 1.807) is 0 Å². The number of aliphatic hydroxyl groups excluding tert-OH is 2. The Morgan fingerprint density at radius 1 is 1.36 bits per heavy atom. The SMILES string of the molecule is Nc1nc2c(ncn2[C@@H]2O[C@H](COP(O)(=S)OP(=O)(O)O)C(O)[C@@H]2O)c(=O)[nH]1. The molecule has 0 amide bonds. The Morgan fingerprint density at radius 3 is 2.68 bits per heavy atom.